The number of nitrogen functional groups attached to an aromatic ring is 1. The molecular formula is C28H37F2N7O2. The van der Waals surface area contributed by atoms with Crippen molar-refractivity contribution in [2.24, 2.45) is 5.92 Å². The van der Waals surface area contributed by atoms with Crippen LogP contribution in [0.2, 0.25) is 0 Å². The smallest absolute Gasteiger partial charge is 0.297 e. The minimum absolute atomic E-state index is 0.0292. The monoisotopic (exact) mass is 541 g/mol. The summed E-state index contributed by atoms with van der Waals surface area (Å²) in [7, 11) is 0. The van der Waals surface area contributed by atoms with E-state index in [0.29, 0.717) is 31.2 Å². The Kier molecular flexibility index (Phi) is 7.97. The molecule has 2 saturated heterocycles. The van der Waals surface area contributed by atoms with E-state index < -0.39 is 5.92 Å². The molecule has 2 aliphatic heterocycles. The maximum absolute atomic E-state index is 14.3. The number of piperidine rings is 2. The number of aromatic nitrogens is 4. The van der Waals surface area contributed by atoms with E-state index in [0.717, 1.165) is 56.4 Å². The maximum Gasteiger partial charge on any atom is 0.297 e. The van der Waals surface area contributed by atoms with Crippen molar-refractivity contribution in [1.82, 2.24) is 29.3 Å². The van der Waals surface area contributed by atoms with Crippen molar-refractivity contribution in [2.45, 2.75) is 64.5 Å². The lowest BCUT2D eigenvalue weighted by molar-refractivity contribution is -0.138. The number of hydrogen-bond acceptors (Lipinski definition) is 7. The molecule has 1 amide bonds. The first-order valence-electron chi connectivity index (χ1n) is 13.9. The zero-order valence-corrected chi connectivity index (χ0v) is 22.7. The first kappa shape index (κ1) is 27.2. The summed E-state index contributed by atoms with van der Waals surface area (Å²) >= 11 is 0. The summed E-state index contributed by atoms with van der Waals surface area (Å²) in [6, 6.07) is 5.23. The molecular weight excluding hydrogens is 504 g/mol. The lowest BCUT2D eigenvalue weighted by atomic mass is 9.93. The number of imidazole rings is 1. The van der Waals surface area contributed by atoms with E-state index in [1.807, 2.05) is 16.4 Å². The second-order valence-electron chi connectivity index (χ2n) is 10.5. The van der Waals surface area contributed by atoms with Crippen molar-refractivity contribution in [3.63, 3.8) is 0 Å². The van der Waals surface area contributed by atoms with E-state index in [9.17, 15) is 13.6 Å². The molecule has 11 heteroatoms. The average Bonchev–Trinajstić information content (AvgIpc) is 3.32. The maximum atomic E-state index is 14.3. The second-order valence-corrected chi connectivity index (χ2v) is 10.5. The van der Waals surface area contributed by atoms with E-state index in [-0.39, 0.29) is 35.8 Å². The Balaban J connectivity index is 1.20. The Morgan fingerprint density at radius 3 is 2.41 bits per heavy atom. The molecule has 0 atom stereocenters. The fraction of sp³-hybridized carbons (Fsp3) is 0.571. The number of alkyl halides is 2. The van der Waals surface area contributed by atoms with Crippen LogP contribution in [0.15, 0.2) is 30.6 Å². The third kappa shape index (κ3) is 5.83. The standard InChI is InChI=1S/C28H37F2N7O2/c1-3-28(29,30)21-5-6-24-23(15-21)34-27(39-4-2)37(24)22-9-13-36(14-10-22)25(38)20-7-11-35(12-8-20)18-19-16-32-26(31)33-17-19/h5-6,15-17,20,22H,3-4,7-14,18H2,1-2H3,(H2,31,32,33). The van der Waals surface area contributed by atoms with Gasteiger partial charge in [0.1, 0.15) is 0 Å². The molecule has 0 aliphatic carbocycles. The molecule has 3 aromatic rings. The Labute approximate surface area is 227 Å². The van der Waals surface area contributed by atoms with Crippen molar-refractivity contribution in [2.75, 3.05) is 38.5 Å². The number of halogens is 2. The number of carbonyl (C=O) groups is 1. The Morgan fingerprint density at radius 2 is 1.77 bits per heavy atom. The summed E-state index contributed by atoms with van der Waals surface area (Å²) in [5.74, 6) is -2.35. The predicted octanol–water partition coefficient (Wildman–Crippen LogP) is 4.38. The van der Waals surface area contributed by atoms with Gasteiger partial charge in [-0.2, -0.15) is 4.98 Å². The zero-order chi connectivity index (χ0) is 27.6. The van der Waals surface area contributed by atoms with Crippen LogP contribution in [0.25, 0.3) is 11.0 Å². The molecule has 0 bridgehead atoms. The minimum Gasteiger partial charge on any atom is -0.465 e. The van der Waals surface area contributed by atoms with Crippen LogP contribution < -0.4 is 10.5 Å². The third-order valence-electron chi connectivity index (χ3n) is 8.01. The highest BCUT2D eigenvalue weighted by molar-refractivity contribution is 5.79. The third-order valence-corrected chi connectivity index (χ3v) is 8.01. The normalized spacial score (nSPS) is 18.1. The fourth-order valence-electron chi connectivity index (χ4n) is 5.74. The highest BCUT2D eigenvalue weighted by Crippen LogP contribution is 2.37. The van der Waals surface area contributed by atoms with Crippen LogP contribution in [0.1, 0.15) is 63.1 Å². The summed E-state index contributed by atoms with van der Waals surface area (Å²) in [4.78, 5) is 30.3. The number of benzene rings is 1. The number of hydrogen-bond donors (Lipinski definition) is 1. The van der Waals surface area contributed by atoms with E-state index >= 15 is 0 Å². The van der Waals surface area contributed by atoms with Gasteiger partial charge >= 0.3 is 0 Å². The van der Waals surface area contributed by atoms with Crippen molar-refractivity contribution < 1.29 is 18.3 Å². The van der Waals surface area contributed by atoms with E-state index in [4.69, 9.17) is 10.5 Å². The summed E-state index contributed by atoms with van der Waals surface area (Å²) in [6.07, 6.45) is 6.44. The largest absolute Gasteiger partial charge is 0.465 e. The van der Waals surface area contributed by atoms with Gasteiger partial charge in [-0.25, -0.2) is 18.7 Å². The molecule has 4 heterocycles. The van der Waals surface area contributed by atoms with Gasteiger partial charge in [0.15, 0.2) is 0 Å². The highest BCUT2D eigenvalue weighted by atomic mass is 19.3. The Hall–Kier alpha value is -3.34. The molecule has 39 heavy (non-hydrogen) atoms. The van der Waals surface area contributed by atoms with Crippen LogP contribution in [0.5, 0.6) is 6.01 Å². The van der Waals surface area contributed by atoms with Crippen LogP contribution in [0, 0.1) is 5.92 Å². The Bertz CT molecular complexity index is 1280. The molecule has 2 N–H and O–H groups in total. The molecule has 2 aliphatic rings. The predicted molar refractivity (Wildman–Crippen MR) is 144 cm³/mol. The van der Waals surface area contributed by atoms with Gasteiger partial charge in [-0.05, 0) is 57.8 Å². The van der Waals surface area contributed by atoms with Crippen LogP contribution in [0.4, 0.5) is 14.7 Å². The second kappa shape index (κ2) is 11.4. The number of amides is 1. The van der Waals surface area contributed by atoms with E-state index in [1.54, 1.807) is 18.5 Å². The van der Waals surface area contributed by atoms with Crippen molar-refractivity contribution in [3.05, 3.63) is 41.7 Å². The van der Waals surface area contributed by atoms with Crippen molar-refractivity contribution in [3.8, 4) is 6.01 Å². The first-order valence-corrected chi connectivity index (χ1v) is 13.9. The lowest BCUT2D eigenvalue weighted by Crippen LogP contribution is -2.45. The van der Waals surface area contributed by atoms with Gasteiger partial charge in [0.25, 0.3) is 11.9 Å². The molecule has 1 aromatic carbocycles. The van der Waals surface area contributed by atoms with Gasteiger partial charge in [0.2, 0.25) is 11.9 Å². The van der Waals surface area contributed by atoms with Crippen molar-refractivity contribution >= 4 is 22.9 Å². The number of ether oxygens (including phenoxy) is 1. The van der Waals surface area contributed by atoms with Gasteiger partial charge in [0.05, 0.1) is 17.6 Å². The number of rotatable bonds is 8. The van der Waals surface area contributed by atoms with Gasteiger partial charge in [-0.3, -0.25) is 14.3 Å². The molecule has 9 nitrogen and oxygen atoms in total. The minimum atomic E-state index is -2.89. The first-order chi connectivity index (χ1) is 18.8. The van der Waals surface area contributed by atoms with E-state index in [2.05, 4.69) is 19.9 Å². The number of nitrogens with zero attached hydrogens (tertiary/aromatic N) is 6. The number of nitrogens with two attached hydrogens (primary N) is 1. The molecule has 210 valence electrons. The van der Waals surface area contributed by atoms with Crippen LogP contribution in [-0.2, 0) is 17.3 Å². The van der Waals surface area contributed by atoms with Crippen LogP contribution in [-0.4, -0.2) is 68.0 Å². The quantitative estimate of drug-likeness (QED) is 0.451. The average molecular weight is 542 g/mol. The topological polar surface area (TPSA) is 102 Å². The number of fused-ring (bicyclic) bond motifs is 1. The summed E-state index contributed by atoms with van der Waals surface area (Å²) in [5.41, 5.74) is 7.87. The molecule has 0 spiro atoms. The fourth-order valence-corrected chi connectivity index (χ4v) is 5.74. The molecule has 0 saturated carbocycles. The molecule has 2 aromatic heterocycles. The van der Waals surface area contributed by atoms with Gasteiger partial charge in [-0.1, -0.05) is 13.0 Å². The molecule has 2 fully saturated rings. The van der Waals surface area contributed by atoms with Crippen LogP contribution >= 0.6 is 0 Å². The summed E-state index contributed by atoms with van der Waals surface area (Å²) in [5, 5.41) is 0. The van der Waals surface area contributed by atoms with Gasteiger partial charge < -0.3 is 15.4 Å². The molecule has 5 rings (SSSR count). The van der Waals surface area contributed by atoms with Crippen LogP contribution in [0.3, 0.4) is 0 Å². The van der Waals surface area contributed by atoms with Crippen molar-refractivity contribution in [1.29, 1.82) is 0 Å². The number of carbonyl (C=O) groups excluding carboxylic acids is 1. The number of anilines is 1. The SMILES string of the molecule is CCOc1nc2cc(C(F)(F)CC)ccc2n1C1CCN(C(=O)C2CCN(Cc3cnc(N)nc3)CC2)CC1. The molecule has 0 unspecified atom stereocenters. The lowest BCUT2D eigenvalue weighted by Gasteiger charge is -2.37. The van der Waals surface area contributed by atoms with E-state index in [1.165, 1.54) is 19.1 Å². The highest BCUT2D eigenvalue weighted by Gasteiger charge is 2.34. The summed E-state index contributed by atoms with van der Waals surface area (Å²) in [6.45, 7) is 7.58. The number of likely N-dealkylation sites (tertiary alicyclic amines) is 2. The zero-order valence-electron chi connectivity index (χ0n) is 22.7. The Morgan fingerprint density at radius 1 is 1.08 bits per heavy atom. The molecule has 0 radical (unpaired) electrons. The van der Waals surface area contributed by atoms with Gasteiger partial charge in [-0.15, -0.1) is 0 Å². The van der Waals surface area contributed by atoms with Gasteiger partial charge in [0, 0.05) is 61.5 Å². The summed E-state index contributed by atoms with van der Waals surface area (Å²) < 4.78 is 36.5.